The number of hydrogen-bond donors (Lipinski definition) is 1. The molecule has 4 aromatic rings. The van der Waals surface area contributed by atoms with E-state index in [0.29, 0.717) is 33.9 Å². The molecule has 34 heavy (non-hydrogen) atoms. The number of nitrogens with zero attached hydrogens (tertiary/aromatic N) is 5. The fourth-order valence-electron chi connectivity index (χ4n) is 3.53. The number of fused-ring (bicyclic) bond motifs is 1. The highest BCUT2D eigenvalue weighted by atomic mass is 35.5. The molecule has 4 aromatic heterocycles. The van der Waals surface area contributed by atoms with E-state index < -0.39 is 17.8 Å². The number of rotatable bonds is 7. The SMILES string of the molecule is CCc1ccc(-c2cc(C(F)(F)F)n3nc(C(=O)NCCCn4nc(C)c(Cl)c4C)cc3n2)s1. The largest absolute Gasteiger partial charge is 0.433 e. The predicted octanol–water partition coefficient (Wildman–Crippen LogP) is 5.33. The van der Waals surface area contributed by atoms with Crippen molar-refractivity contribution < 1.29 is 18.0 Å². The molecule has 0 atom stereocenters. The second-order valence-corrected chi connectivity index (χ2v) is 9.31. The molecule has 0 unspecified atom stereocenters. The maximum absolute atomic E-state index is 13.8. The van der Waals surface area contributed by atoms with Gasteiger partial charge in [-0.25, -0.2) is 9.50 Å². The fraction of sp³-hybridized carbons (Fsp3) is 0.364. The summed E-state index contributed by atoms with van der Waals surface area (Å²) in [5, 5.41) is 11.5. The molecule has 0 saturated carbocycles. The number of aromatic nitrogens is 5. The number of hydrogen-bond acceptors (Lipinski definition) is 5. The number of amides is 1. The zero-order valence-electron chi connectivity index (χ0n) is 18.7. The van der Waals surface area contributed by atoms with Gasteiger partial charge in [-0.15, -0.1) is 11.3 Å². The van der Waals surface area contributed by atoms with Crippen LogP contribution in [0.15, 0.2) is 24.3 Å². The minimum Gasteiger partial charge on any atom is -0.351 e. The molecule has 0 aromatic carbocycles. The first-order chi connectivity index (χ1) is 16.1. The summed E-state index contributed by atoms with van der Waals surface area (Å²) in [5.74, 6) is -0.573. The zero-order chi connectivity index (χ0) is 24.6. The Bertz CT molecular complexity index is 1360. The Kier molecular flexibility index (Phi) is 6.68. The van der Waals surface area contributed by atoms with Crippen molar-refractivity contribution in [3.63, 3.8) is 0 Å². The molecule has 4 heterocycles. The number of halogens is 4. The summed E-state index contributed by atoms with van der Waals surface area (Å²) in [7, 11) is 0. The third-order valence-electron chi connectivity index (χ3n) is 5.34. The van der Waals surface area contributed by atoms with Crippen molar-refractivity contribution in [1.29, 1.82) is 0 Å². The molecule has 0 saturated heterocycles. The number of thiophene rings is 1. The molecule has 0 spiro atoms. The van der Waals surface area contributed by atoms with Crippen LogP contribution in [0.25, 0.3) is 16.2 Å². The Balaban J connectivity index is 1.53. The standard InChI is InChI=1S/C22H22ClF3N6OS/c1-4-14-6-7-17(34-14)15-10-18(22(24,25)26)32-19(28-15)11-16(30-32)21(33)27-8-5-9-31-13(3)20(23)12(2)29-31/h6-7,10-11H,4-5,8-9H2,1-3H3,(H,27,33). The Morgan fingerprint density at radius 2 is 1.97 bits per heavy atom. The number of aryl methyl sites for hydroxylation is 3. The summed E-state index contributed by atoms with van der Waals surface area (Å²) in [6.07, 6.45) is -3.32. The first kappa shape index (κ1) is 24.2. The average molecular weight is 511 g/mol. The monoisotopic (exact) mass is 510 g/mol. The van der Waals surface area contributed by atoms with Crippen LogP contribution in [0.4, 0.5) is 13.2 Å². The van der Waals surface area contributed by atoms with E-state index in [0.717, 1.165) is 28.8 Å². The lowest BCUT2D eigenvalue weighted by Gasteiger charge is -2.10. The molecule has 12 heteroatoms. The number of nitrogens with one attached hydrogen (secondary N) is 1. The minimum atomic E-state index is -4.67. The molecule has 4 rings (SSSR count). The third kappa shape index (κ3) is 4.80. The van der Waals surface area contributed by atoms with Gasteiger partial charge >= 0.3 is 6.18 Å². The van der Waals surface area contributed by atoms with Gasteiger partial charge in [0.25, 0.3) is 5.91 Å². The summed E-state index contributed by atoms with van der Waals surface area (Å²) in [4.78, 5) is 18.6. The topological polar surface area (TPSA) is 77.1 Å². The minimum absolute atomic E-state index is 0.0429. The van der Waals surface area contributed by atoms with E-state index in [2.05, 4.69) is 20.5 Å². The zero-order valence-corrected chi connectivity index (χ0v) is 20.3. The molecule has 0 aliphatic heterocycles. The number of carbonyl (C=O) groups is 1. The molecular formula is C22H22ClF3N6OS. The second-order valence-electron chi connectivity index (χ2n) is 7.76. The number of alkyl halides is 3. The van der Waals surface area contributed by atoms with Crippen molar-refractivity contribution in [2.24, 2.45) is 0 Å². The Labute approximate surface area is 202 Å². The smallest absolute Gasteiger partial charge is 0.351 e. The van der Waals surface area contributed by atoms with Crippen molar-refractivity contribution in [2.75, 3.05) is 6.54 Å². The maximum Gasteiger partial charge on any atom is 0.433 e. The maximum atomic E-state index is 13.8. The summed E-state index contributed by atoms with van der Waals surface area (Å²) < 4.78 is 43.7. The van der Waals surface area contributed by atoms with Gasteiger partial charge in [0, 0.05) is 24.0 Å². The second kappa shape index (κ2) is 9.38. The normalized spacial score (nSPS) is 12.0. The highest BCUT2D eigenvalue weighted by Gasteiger charge is 2.35. The number of carbonyl (C=O) groups excluding carboxylic acids is 1. The summed E-state index contributed by atoms with van der Waals surface area (Å²) in [5.41, 5.74) is 0.598. The molecule has 1 amide bonds. The Morgan fingerprint density at radius 1 is 1.21 bits per heavy atom. The van der Waals surface area contributed by atoms with Crippen molar-refractivity contribution >= 4 is 34.5 Å². The first-order valence-electron chi connectivity index (χ1n) is 10.6. The van der Waals surface area contributed by atoms with E-state index >= 15 is 0 Å². The first-order valence-corrected chi connectivity index (χ1v) is 11.8. The molecule has 0 aliphatic carbocycles. The van der Waals surface area contributed by atoms with Gasteiger partial charge in [0.05, 0.1) is 27.0 Å². The lowest BCUT2D eigenvalue weighted by Crippen LogP contribution is -2.26. The molecule has 0 bridgehead atoms. The van der Waals surface area contributed by atoms with Crippen LogP contribution in [0.5, 0.6) is 0 Å². The van der Waals surface area contributed by atoms with Gasteiger partial charge in [0.2, 0.25) is 0 Å². The van der Waals surface area contributed by atoms with Gasteiger partial charge in [-0.3, -0.25) is 9.48 Å². The quantitative estimate of drug-likeness (QED) is 0.341. The molecule has 7 nitrogen and oxygen atoms in total. The van der Waals surface area contributed by atoms with Crippen LogP contribution < -0.4 is 5.32 Å². The van der Waals surface area contributed by atoms with Crippen molar-refractivity contribution in [3.05, 3.63) is 56.9 Å². The van der Waals surface area contributed by atoms with Gasteiger partial charge in [-0.2, -0.15) is 23.4 Å². The summed E-state index contributed by atoms with van der Waals surface area (Å²) in [6.45, 7) is 6.47. The van der Waals surface area contributed by atoms with Crippen LogP contribution >= 0.6 is 22.9 Å². The van der Waals surface area contributed by atoms with Crippen LogP contribution in [0.2, 0.25) is 5.02 Å². The van der Waals surface area contributed by atoms with Gasteiger partial charge in [0.15, 0.2) is 17.0 Å². The van der Waals surface area contributed by atoms with Crippen molar-refractivity contribution in [1.82, 2.24) is 29.7 Å². The molecule has 180 valence electrons. The predicted molar refractivity (Wildman–Crippen MR) is 124 cm³/mol. The van der Waals surface area contributed by atoms with Gasteiger partial charge in [-0.05, 0) is 44.9 Å². The lowest BCUT2D eigenvalue weighted by molar-refractivity contribution is -0.142. The molecule has 1 N–H and O–H groups in total. The van der Waals surface area contributed by atoms with E-state index in [1.807, 2.05) is 26.8 Å². The third-order valence-corrected chi connectivity index (χ3v) is 7.14. The van der Waals surface area contributed by atoms with E-state index in [1.165, 1.54) is 17.4 Å². The Morgan fingerprint density at radius 3 is 2.59 bits per heavy atom. The van der Waals surface area contributed by atoms with Gasteiger partial charge in [0.1, 0.15) is 0 Å². The lowest BCUT2D eigenvalue weighted by atomic mass is 10.2. The van der Waals surface area contributed by atoms with Crippen LogP contribution in [0, 0.1) is 13.8 Å². The molecule has 0 radical (unpaired) electrons. The van der Waals surface area contributed by atoms with E-state index in [-0.39, 0.29) is 17.0 Å². The molecular weight excluding hydrogens is 489 g/mol. The van der Waals surface area contributed by atoms with E-state index in [9.17, 15) is 18.0 Å². The van der Waals surface area contributed by atoms with Crippen LogP contribution in [-0.4, -0.2) is 36.8 Å². The molecule has 0 aliphatic rings. The highest BCUT2D eigenvalue weighted by Crippen LogP contribution is 2.34. The van der Waals surface area contributed by atoms with Crippen LogP contribution in [-0.2, 0) is 19.1 Å². The van der Waals surface area contributed by atoms with Crippen molar-refractivity contribution in [3.8, 4) is 10.6 Å². The summed E-state index contributed by atoms with van der Waals surface area (Å²) >= 11 is 7.52. The summed E-state index contributed by atoms with van der Waals surface area (Å²) in [6, 6.07) is 5.85. The van der Waals surface area contributed by atoms with Crippen LogP contribution in [0.1, 0.15) is 45.8 Å². The van der Waals surface area contributed by atoms with Gasteiger partial charge < -0.3 is 5.32 Å². The van der Waals surface area contributed by atoms with Crippen molar-refractivity contribution in [2.45, 2.75) is 46.3 Å². The average Bonchev–Trinajstić information content (AvgIpc) is 3.50. The van der Waals surface area contributed by atoms with Gasteiger partial charge in [-0.1, -0.05) is 18.5 Å². The Hall–Kier alpha value is -2.92. The highest BCUT2D eigenvalue weighted by molar-refractivity contribution is 7.15. The van der Waals surface area contributed by atoms with E-state index in [4.69, 9.17) is 11.6 Å². The molecule has 0 fully saturated rings. The van der Waals surface area contributed by atoms with Crippen LogP contribution in [0.3, 0.4) is 0 Å². The fourth-order valence-corrected chi connectivity index (χ4v) is 4.58. The van der Waals surface area contributed by atoms with E-state index in [1.54, 1.807) is 10.7 Å².